The van der Waals surface area contributed by atoms with Gasteiger partial charge in [0.2, 0.25) is 0 Å². The Bertz CT molecular complexity index is 2860. The molecule has 0 unspecified atom stereocenters. The number of hydrogen-bond donors (Lipinski definition) is 0. The Kier molecular flexibility index (Phi) is 7.30. The maximum Gasteiger partial charge on any atom is 0.268 e. The van der Waals surface area contributed by atoms with E-state index < -0.39 is 0 Å². The summed E-state index contributed by atoms with van der Waals surface area (Å²) in [4.78, 5) is 45.3. The predicted molar refractivity (Wildman–Crippen MR) is 213 cm³/mol. The third-order valence-corrected chi connectivity index (χ3v) is 10.0. The lowest BCUT2D eigenvalue weighted by molar-refractivity contribution is 0.0926. The molecule has 7 heteroatoms. The van der Waals surface area contributed by atoms with Crippen molar-refractivity contribution in [2.75, 3.05) is 4.90 Å². The highest BCUT2D eigenvalue weighted by Gasteiger charge is 2.40. The molecule has 0 N–H and O–H groups in total. The summed E-state index contributed by atoms with van der Waals surface area (Å²) in [6.07, 6.45) is 0. The van der Waals surface area contributed by atoms with Crippen LogP contribution in [0.25, 0.3) is 72.8 Å². The van der Waals surface area contributed by atoms with E-state index >= 15 is 0 Å². The summed E-state index contributed by atoms with van der Waals surface area (Å²) < 4.78 is 2.09. The number of hydrogen-bond acceptors (Lipinski definition) is 5. The first-order valence-electron chi connectivity index (χ1n) is 17.7. The fourth-order valence-electron chi connectivity index (χ4n) is 7.60. The summed E-state index contributed by atoms with van der Waals surface area (Å²) in [6, 6.07) is 56.9. The molecule has 7 aromatic carbocycles. The first-order valence-corrected chi connectivity index (χ1v) is 17.7. The zero-order chi connectivity index (χ0) is 36.2. The van der Waals surface area contributed by atoms with Crippen molar-refractivity contribution in [1.82, 2.24) is 19.5 Å². The second-order valence-electron chi connectivity index (χ2n) is 13.1. The number of nitrogens with zero attached hydrogens (tertiary/aromatic N) is 5. The van der Waals surface area contributed by atoms with E-state index in [1.807, 2.05) is 164 Å². The monoisotopic (exact) mass is 695 g/mol. The molecule has 9 aromatic rings. The van der Waals surface area contributed by atoms with Gasteiger partial charge in [-0.3, -0.25) is 9.59 Å². The van der Waals surface area contributed by atoms with Crippen molar-refractivity contribution in [2.45, 2.75) is 0 Å². The van der Waals surface area contributed by atoms with Crippen LogP contribution in [0.3, 0.4) is 0 Å². The Morgan fingerprint density at radius 3 is 1.57 bits per heavy atom. The molecule has 254 valence electrons. The minimum Gasteiger partial charge on any atom is -0.308 e. The van der Waals surface area contributed by atoms with Gasteiger partial charge in [-0.15, -0.1) is 0 Å². The molecule has 0 spiro atoms. The lowest BCUT2D eigenvalue weighted by Gasteiger charge is -2.18. The Balaban J connectivity index is 1.18. The predicted octanol–water partition coefficient (Wildman–Crippen LogP) is 10.4. The van der Waals surface area contributed by atoms with Gasteiger partial charge in [0, 0.05) is 33.0 Å². The number of fused-ring (bicyclic) bond motifs is 4. The molecule has 0 aliphatic carbocycles. The largest absolute Gasteiger partial charge is 0.308 e. The highest BCUT2D eigenvalue weighted by Crippen LogP contribution is 2.42. The molecule has 0 radical (unpaired) electrons. The van der Waals surface area contributed by atoms with Gasteiger partial charge in [0.25, 0.3) is 11.8 Å². The summed E-state index contributed by atoms with van der Waals surface area (Å²) in [7, 11) is 0. The van der Waals surface area contributed by atoms with Crippen LogP contribution in [-0.4, -0.2) is 31.3 Å². The van der Waals surface area contributed by atoms with Crippen molar-refractivity contribution in [1.29, 1.82) is 0 Å². The quantitative estimate of drug-likeness (QED) is 0.162. The van der Waals surface area contributed by atoms with Crippen molar-refractivity contribution in [3.05, 3.63) is 187 Å². The molecule has 0 saturated heterocycles. The Morgan fingerprint density at radius 2 is 0.870 bits per heavy atom. The van der Waals surface area contributed by atoms with Crippen molar-refractivity contribution in [3.8, 4) is 51.0 Å². The summed E-state index contributed by atoms with van der Waals surface area (Å²) in [5.74, 6) is 0.953. The van der Waals surface area contributed by atoms with Crippen molar-refractivity contribution in [3.63, 3.8) is 0 Å². The van der Waals surface area contributed by atoms with Crippen molar-refractivity contribution >= 4 is 39.3 Å². The molecular formula is C47H29N5O2. The van der Waals surface area contributed by atoms with Crippen LogP contribution < -0.4 is 4.90 Å². The number of rotatable bonds is 6. The highest BCUT2D eigenvalue weighted by molar-refractivity contribution is 6.36. The number of aromatic nitrogens is 4. The minimum atomic E-state index is -0.367. The number of anilines is 1. The van der Waals surface area contributed by atoms with Crippen molar-refractivity contribution < 1.29 is 9.59 Å². The first-order chi connectivity index (χ1) is 26.7. The van der Waals surface area contributed by atoms with E-state index in [4.69, 9.17) is 15.0 Å². The normalized spacial score (nSPS) is 12.5. The topological polar surface area (TPSA) is 81.0 Å². The van der Waals surface area contributed by atoms with Crippen LogP contribution in [0.15, 0.2) is 176 Å². The van der Waals surface area contributed by atoms with Crippen LogP contribution in [0, 0.1) is 0 Å². The van der Waals surface area contributed by atoms with Gasteiger partial charge in [-0.25, -0.2) is 19.9 Å². The van der Waals surface area contributed by atoms with Crippen LogP contribution in [0.5, 0.6) is 0 Å². The lowest BCUT2D eigenvalue weighted by Crippen LogP contribution is -2.30. The zero-order valence-corrected chi connectivity index (χ0v) is 28.8. The summed E-state index contributed by atoms with van der Waals surface area (Å²) in [5.41, 5.74) is 7.95. The lowest BCUT2D eigenvalue weighted by atomic mass is 10.0. The molecule has 10 rings (SSSR count). The number of benzene rings is 7. The van der Waals surface area contributed by atoms with Gasteiger partial charge in [-0.1, -0.05) is 146 Å². The number of imide groups is 1. The number of carbonyl (C=O) groups is 2. The van der Waals surface area contributed by atoms with Crippen LogP contribution in [-0.2, 0) is 0 Å². The fourth-order valence-corrected chi connectivity index (χ4v) is 7.60. The van der Waals surface area contributed by atoms with E-state index in [0.717, 1.165) is 49.6 Å². The number of carbonyl (C=O) groups excluding carboxylic acids is 2. The van der Waals surface area contributed by atoms with E-state index in [1.54, 1.807) is 6.07 Å². The average Bonchev–Trinajstić information content (AvgIpc) is 3.72. The van der Waals surface area contributed by atoms with Crippen LogP contribution in [0.1, 0.15) is 20.7 Å². The van der Waals surface area contributed by atoms with Gasteiger partial charge in [0.15, 0.2) is 17.5 Å². The number of para-hydroxylation sites is 2. The number of amides is 2. The van der Waals surface area contributed by atoms with Gasteiger partial charge >= 0.3 is 0 Å². The molecule has 1 aliphatic heterocycles. The smallest absolute Gasteiger partial charge is 0.268 e. The molecule has 2 aromatic heterocycles. The molecule has 54 heavy (non-hydrogen) atoms. The second-order valence-corrected chi connectivity index (χ2v) is 13.1. The van der Waals surface area contributed by atoms with E-state index in [-0.39, 0.29) is 11.8 Å². The molecule has 0 saturated carbocycles. The van der Waals surface area contributed by atoms with Gasteiger partial charge in [-0.2, -0.15) is 0 Å². The van der Waals surface area contributed by atoms with Crippen LogP contribution >= 0.6 is 0 Å². The third-order valence-electron chi connectivity index (χ3n) is 10.0. The molecule has 3 heterocycles. The SMILES string of the molecule is O=C1c2cccc(-n3c4ccccc4c4c(-c5nc(-c6ccccc6)nc(-c6ccccc6)n5)cccc43)c2C(=O)N1c1ccccc1-c1ccccc1. The van der Waals surface area contributed by atoms with Gasteiger partial charge < -0.3 is 4.57 Å². The summed E-state index contributed by atoms with van der Waals surface area (Å²) in [6.45, 7) is 0. The van der Waals surface area contributed by atoms with E-state index in [2.05, 4.69) is 10.6 Å². The molecule has 0 bridgehead atoms. The minimum absolute atomic E-state index is 0.353. The third kappa shape index (κ3) is 4.94. The highest BCUT2D eigenvalue weighted by atomic mass is 16.2. The molecule has 7 nitrogen and oxygen atoms in total. The maximum atomic E-state index is 14.7. The van der Waals surface area contributed by atoms with E-state index in [9.17, 15) is 9.59 Å². The summed E-state index contributed by atoms with van der Waals surface area (Å²) in [5, 5.41) is 1.89. The van der Waals surface area contributed by atoms with Crippen LogP contribution in [0.4, 0.5) is 5.69 Å². The Hall–Kier alpha value is -7.51. The standard InChI is InChI=1S/C47H29N5O2/c53-46-36-25-15-29-40(42(36)47(54)52(46)37-26-12-10-22-33(37)30-16-4-1-5-17-30)51-38-27-13-11-23-34(38)41-35(24-14-28-39(41)51)45-49-43(31-18-6-2-7-19-31)48-44(50-45)32-20-8-3-9-21-32/h1-29H. The second kappa shape index (κ2) is 12.6. The zero-order valence-electron chi connectivity index (χ0n) is 28.8. The summed E-state index contributed by atoms with van der Waals surface area (Å²) >= 11 is 0. The molecule has 1 aliphatic rings. The molecule has 0 atom stereocenters. The Morgan fingerprint density at radius 1 is 0.370 bits per heavy atom. The van der Waals surface area contributed by atoms with E-state index in [0.29, 0.717) is 40.0 Å². The van der Waals surface area contributed by atoms with Crippen molar-refractivity contribution in [2.24, 2.45) is 0 Å². The van der Waals surface area contributed by atoms with Gasteiger partial charge in [0.1, 0.15) is 0 Å². The van der Waals surface area contributed by atoms with Gasteiger partial charge in [0.05, 0.1) is 33.5 Å². The Labute approximate surface area is 310 Å². The molecular weight excluding hydrogens is 667 g/mol. The van der Waals surface area contributed by atoms with Gasteiger partial charge in [-0.05, 0) is 35.9 Å². The molecule has 2 amide bonds. The maximum absolute atomic E-state index is 14.7. The van der Waals surface area contributed by atoms with Crippen LogP contribution in [0.2, 0.25) is 0 Å². The van der Waals surface area contributed by atoms with E-state index in [1.165, 1.54) is 4.90 Å². The first kappa shape index (κ1) is 31.2. The molecule has 0 fully saturated rings. The fraction of sp³-hybridized carbons (Fsp3) is 0. The average molecular weight is 696 g/mol.